The molecule has 0 aliphatic rings. The van der Waals surface area contributed by atoms with Gasteiger partial charge in [0.05, 0.1) is 22.9 Å². The van der Waals surface area contributed by atoms with E-state index in [-0.39, 0.29) is 17.0 Å². The second-order valence-corrected chi connectivity index (χ2v) is 7.51. The third kappa shape index (κ3) is 5.29. The van der Waals surface area contributed by atoms with Gasteiger partial charge in [0.15, 0.2) is 12.3 Å². The van der Waals surface area contributed by atoms with Crippen molar-refractivity contribution in [2.24, 2.45) is 0 Å². The molecule has 0 saturated heterocycles. The molecule has 8 nitrogen and oxygen atoms in total. The van der Waals surface area contributed by atoms with Gasteiger partial charge < -0.3 is 10.1 Å². The molecule has 0 atom stereocenters. The van der Waals surface area contributed by atoms with E-state index in [4.69, 9.17) is 10.00 Å². The van der Waals surface area contributed by atoms with Crippen LogP contribution in [0, 0.1) is 11.3 Å². The number of hydrogen-bond donors (Lipinski definition) is 1. The van der Waals surface area contributed by atoms with Crippen molar-refractivity contribution in [3.8, 4) is 6.07 Å². The molecule has 0 unspecified atom stereocenters. The molecule has 1 aromatic heterocycles. The van der Waals surface area contributed by atoms with Crippen LogP contribution in [0.1, 0.15) is 23.8 Å². The number of hydrogen-bond acceptors (Lipinski definition) is 7. The summed E-state index contributed by atoms with van der Waals surface area (Å²) in [5, 5.41) is 16.3. The number of anilines is 1. The predicted octanol–water partition coefficient (Wildman–Crippen LogP) is 3.22. The number of para-hydroxylation sites is 1. The van der Waals surface area contributed by atoms with Crippen molar-refractivity contribution in [3.63, 3.8) is 0 Å². The molecule has 0 radical (unpaired) electrons. The first-order chi connectivity index (χ1) is 15.0. The van der Waals surface area contributed by atoms with Crippen LogP contribution in [0.5, 0.6) is 0 Å². The van der Waals surface area contributed by atoms with Gasteiger partial charge in [0.1, 0.15) is 0 Å². The number of esters is 1. The second-order valence-electron chi connectivity index (χ2n) is 6.49. The minimum absolute atomic E-state index is 0.0126. The van der Waals surface area contributed by atoms with E-state index in [0.29, 0.717) is 29.4 Å². The Labute approximate surface area is 182 Å². The van der Waals surface area contributed by atoms with Crippen LogP contribution in [0.2, 0.25) is 0 Å². The molecule has 0 aliphatic heterocycles. The smallest absolute Gasteiger partial charge is 0.359 e. The van der Waals surface area contributed by atoms with Crippen LogP contribution >= 0.6 is 11.8 Å². The fraction of sp³-hybridized carbons (Fsp3) is 0.227. The summed E-state index contributed by atoms with van der Waals surface area (Å²) in [6.45, 7) is 1.75. The lowest BCUT2D eigenvalue weighted by Gasteiger charge is -2.11. The van der Waals surface area contributed by atoms with E-state index < -0.39 is 18.5 Å². The van der Waals surface area contributed by atoms with Crippen LogP contribution in [0.3, 0.4) is 0 Å². The van der Waals surface area contributed by atoms with Gasteiger partial charge in [-0.05, 0) is 24.6 Å². The van der Waals surface area contributed by atoms with Crippen molar-refractivity contribution in [3.05, 3.63) is 64.6 Å². The van der Waals surface area contributed by atoms with Crippen LogP contribution in [-0.2, 0) is 16.1 Å². The summed E-state index contributed by atoms with van der Waals surface area (Å²) in [7, 11) is 0. The number of benzene rings is 2. The van der Waals surface area contributed by atoms with Crippen LogP contribution in [-0.4, -0.2) is 34.0 Å². The van der Waals surface area contributed by atoms with Gasteiger partial charge in [-0.25, -0.2) is 9.48 Å². The lowest BCUT2D eigenvalue weighted by atomic mass is 10.1. The van der Waals surface area contributed by atoms with Crippen molar-refractivity contribution in [2.75, 3.05) is 17.7 Å². The molecule has 9 heteroatoms. The Hall–Kier alpha value is -3.64. The number of nitrogens with one attached hydrogen (secondary N) is 1. The average Bonchev–Trinajstić information content (AvgIpc) is 2.79. The fourth-order valence-electron chi connectivity index (χ4n) is 2.94. The van der Waals surface area contributed by atoms with Gasteiger partial charge in [-0.3, -0.25) is 9.59 Å². The van der Waals surface area contributed by atoms with Crippen molar-refractivity contribution in [1.82, 2.24) is 9.78 Å². The maximum absolute atomic E-state index is 12.7. The average molecular weight is 436 g/mol. The Morgan fingerprint density at radius 2 is 1.87 bits per heavy atom. The maximum Gasteiger partial charge on any atom is 0.359 e. The van der Waals surface area contributed by atoms with E-state index >= 15 is 0 Å². The van der Waals surface area contributed by atoms with Gasteiger partial charge in [0.25, 0.3) is 11.5 Å². The molecule has 3 aromatic rings. The Morgan fingerprint density at radius 1 is 1.16 bits per heavy atom. The number of nitriles is 1. The molecule has 1 heterocycles. The number of carbonyl (C=O) groups is 2. The number of rotatable bonds is 8. The minimum Gasteiger partial charge on any atom is -0.451 e. The lowest BCUT2D eigenvalue weighted by Crippen LogP contribution is -2.27. The molecule has 2 aromatic carbocycles. The van der Waals surface area contributed by atoms with E-state index in [1.165, 1.54) is 16.4 Å². The number of aryl methyl sites for hydroxylation is 1. The highest BCUT2D eigenvalue weighted by Gasteiger charge is 2.19. The monoisotopic (exact) mass is 436 g/mol. The third-order valence-electron chi connectivity index (χ3n) is 4.28. The van der Waals surface area contributed by atoms with Gasteiger partial charge in [-0.15, -0.1) is 11.8 Å². The van der Waals surface area contributed by atoms with Crippen LogP contribution in [0.15, 0.2) is 58.2 Å². The zero-order chi connectivity index (χ0) is 22.2. The number of fused-ring (bicyclic) bond motifs is 1. The van der Waals surface area contributed by atoms with Crippen molar-refractivity contribution in [1.29, 1.82) is 5.26 Å². The SMILES string of the molecule is CCCn1nc(C(=O)OCC(=O)Nc2ccccc2SCC#N)c2ccccc2c1=O. The number of carbonyl (C=O) groups excluding carboxylic acids is 2. The Balaban J connectivity index is 1.75. The summed E-state index contributed by atoms with van der Waals surface area (Å²) in [6, 6.07) is 15.8. The zero-order valence-electron chi connectivity index (χ0n) is 16.8. The second kappa shape index (κ2) is 10.4. The van der Waals surface area contributed by atoms with E-state index in [0.717, 1.165) is 4.90 Å². The Morgan fingerprint density at radius 3 is 2.61 bits per heavy atom. The zero-order valence-corrected chi connectivity index (χ0v) is 17.6. The summed E-state index contributed by atoms with van der Waals surface area (Å²) in [6.07, 6.45) is 0.672. The Bertz CT molecular complexity index is 1220. The molecule has 158 valence electrons. The highest BCUT2D eigenvalue weighted by atomic mass is 32.2. The topological polar surface area (TPSA) is 114 Å². The lowest BCUT2D eigenvalue weighted by molar-refractivity contribution is -0.119. The molecular formula is C22H20N4O4S. The van der Waals surface area contributed by atoms with Crippen LogP contribution in [0.4, 0.5) is 5.69 Å². The predicted molar refractivity (Wildman–Crippen MR) is 118 cm³/mol. The van der Waals surface area contributed by atoms with Gasteiger partial charge in [0, 0.05) is 16.8 Å². The third-order valence-corrected chi connectivity index (χ3v) is 5.22. The summed E-state index contributed by atoms with van der Waals surface area (Å²) in [4.78, 5) is 38.3. The first kappa shape index (κ1) is 22.1. The molecule has 0 bridgehead atoms. The molecule has 31 heavy (non-hydrogen) atoms. The van der Waals surface area contributed by atoms with Crippen molar-refractivity contribution >= 4 is 40.1 Å². The molecule has 0 spiro atoms. The first-order valence-electron chi connectivity index (χ1n) is 9.60. The van der Waals surface area contributed by atoms with Crippen molar-refractivity contribution < 1.29 is 14.3 Å². The molecular weight excluding hydrogens is 416 g/mol. The number of thioether (sulfide) groups is 1. The van der Waals surface area contributed by atoms with Gasteiger partial charge >= 0.3 is 5.97 Å². The standard InChI is InChI=1S/C22H20N4O4S/c1-2-12-26-21(28)16-8-4-3-7-15(16)20(25-26)22(29)30-14-19(27)24-17-9-5-6-10-18(17)31-13-11-23/h3-10H,2,12-14H2,1H3,(H,24,27). The summed E-state index contributed by atoms with van der Waals surface area (Å²) in [5.41, 5.74) is 0.239. The molecule has 1 N–H and O–H groups in total. The molecule has 1 amide bonds. The van der Waals surface area contributed by atoms with Gasteiger partial charge in [0.2, 0.25) is 0 Å². The normalized spacial score (nSPS) is 10.5. The first-order valence-corrected chi connectivity index (χ1v) is 10.6. The molecule has 3 rings (SSSR count). The molecule has 0 fully saturated rings. The largest absolute Gasteiger partial charge is 0.451 e. The Kier molecular flexibility index (Phi) is 7.40. The van der Waals surface area contributed by atoms with Crippen LogP contribution < -0.4 is 10.9 Å². The van der Waals surface area contributed by atoms with Gasteiger partial charge in [-0.2, -0.15) is 10.4 Å². The highest BCUT2D eigenvalue weighted by Crippen LogP contribution is 2.26. The van der Waals surface area contributed by atoms with Crippen LogP contribution in [0.25, 0.3) is 10.8 Å². The molecule has 0 aliphatic carbocycles. The van der Waals surface area contributed by atoms with E-state index in [9.17, 15) is 14.4 Å². The summed E-state index contributed by atoms with van der Waals surface area (Å²) >= 11 is 1.29. The minimum atomic E-state index is -0.789. The van der Waals surface area contributed by atoms with Gasteiger partial charge in [-0.1, -0.05) is 37.3 Å². The molecule has 0 saturated carbocycles. The van der Waals surface area contributed by atoms with E-state index in [2.05, 4.69) is 10.4 Å². The van der Waals surface area contributed by atoms with Crippen molar-refractivity contribution in [2.45, 2.75) is 24.8 Å². The summed E-state index contributed by atoms with van der Waals surface area (Å²) in [5.74, 6) is -1.07. The maximum atomic E-state index is 12.7. The van der Waals surface area contributed by atoms with E-state index in [1.807, 2.05) is 13.0 Å². The number of ether oxygens (including phenoxy) is 1. The number of aromatic nitrogens is 2. The number of amides is 1. The summed E-state index contributed by atoms with van der Waals surface area (Å²) < 4.78 is 6.41. The fourth-order valence-corrected chi connectivity index (χ4v) is 3.61. The van der Waals surface area contributed by atoms with E-state index in [1.54, 1.807) is 48.5 Å². The highest BCUT2D eigenvalue weighted by molar-refractivity contribution is 7.99. The quantitative estimate of drug-likeness (QED) is 0.426. The number of nitrogens with zero attached hydrogens (tertiary/aromatic N) is 3.